The minimum absolute atomic E-state index is 0.105. The van der Waals surface area contributed by atoms with Gasteiger partial charge in [-0.3, -0.25) is 9.13 Å². The first-order valence-electron chi connectivity index (χ1n) is 9.89. The summed E-state index contributed by atoms with van der Waals surface area (Å²) in [4.78, 5) is 13.2. The van der Waals surface area contributed by atoms with E-state index >= 15 is 0 Å². The van der Waals surface area contributed by atoms with E-state index in [9.17, 15) is 9.18 Å². The number of nitrogens with one attached hydrogen (secondary N) is 1. The molecule has 2 heterocycles. The molecule has 2 aromatic carbocycles. The molecule has 0 unspecified atom stereocenters. The molecule has 1 aliphatic heterocycles. The maximum atomic E-state index is 13.3. The van der Waals surface area contributed by atoms with Crippen LogP contribution in [0, 0.1) is 5.82 Å². The number of hydrogen-bond donors (Lipinski definition) is 1. The van der Waals surface area contributed by atoms with Crippen LogP contribution in [0.3, 0.4) is 0 Å². The molecule has 1 aliphatic rings. The summed E-state index contributed by atoms with van der Waals surface area (Å²) >= 11 is 0. The fraction of sp³-hybridized carbons (Fsp3) is 0.409. The molecule has 142 valence electrons. The van der Waals surface area contributed by atoms with Crippen LogP contribution in [-0.4, -0.2) is 22.2 Å². The molecule has 1 saturated heterocycles. The van der Waals surface area contributed by atoms with Crippen molar-refractivity contribution in [3.05, 3.63) is 70.4 Å². The van der Waals surface area contributed by atoms with Gasteiger partial charge in [0.15, 0.2) is 0 Å². The monoisotopic (exact) mass is 367 g/mol. The highest BCUT2D eigenvalue weighted by atomic mass is 19.1. The van der Waals surface area contributed by atoms with Crippen LogP contribution in [0.5, 0.6) is 0 Å². The first kappa shape index (κ1) is 18.0. The maximum Gasteiger partial charge on any atom is 0.329 e. The molecule has 4 nitrogen and oxygen atoms in total. The van der Waals surface area contributed by atoms with Crippen LogP contribution in [-0.2, 0) is 13.0 Å². The van der Waals surface area contributed by atoms with Gasteiger partial charge in [0.05, 0.1) is 11.0 Å². The van der Waals surface area contributed by atoms with Gasteiger partial charge in [-0.2, -0.15) is 0 Å². The average molecular weight is 367 g/mol. The van der Waals surface area contributed by atoms with Gasteiger partial charge in [-0.05, 0) is 75.0 Å². The summed E-state index contributed by atoms with van der Waals surface area (Å²) in [5.74, 6) is -0.186. The van der Waals surface area contributed by atoms with E-state index in [1.165, 1.54) is 6.07 Å². The van der Waals surface area contributed by atoms with E-state index in [1.807, 2.05) is 33.4 Å². The Balaban J connectivity index is 1.51. The van der Waals surface area contributed by atoms with Gasteiger partial charge in [0, 0.05) is 12.6 Å². The summed E-state index contributed by atoms with van der Waals surface area (Å²) < 4.78 is 17.2. The van der Waals surface area contributed by atoms with Crippen LogP contribution in [0.4, 0.5) is 4.39 Å². The van der Waals surface area contributed by atoms with E-state index in [-0.39, 0.29) is 17.5 Å². The number of para-hydroxylation sites is 2. The van der Waals surface area contributed by atoms with Crippen molar-refractivity contribution in [3.8, 4) is 0 Å². The summed E-state index contributed by atoms with van der Waals surface area (Å²) in [6.45, 7) is 2.63. The van der Waals surface area contributed by atoms with Gasteiger partial charge in [-0.25, -0.2) is 9.18 Å². The molecule has 1 aromatic heterocycles. The third-order valence-corrected chi connectivity index (χ3v) is 5.53. The number of nitrogens with zero attached hydrogens (tertiary/aromatic N) is 2. The number of aryl methyl sites for hydroxylation is 2. The highest BCUT2D eigenvalue weighted by molar-refractivity contribution is 5.76. The SMILES string of the molecule is O=c1n(CCCCc2cccc(F)c2)c2ccccc2n1C1CCNCC1. The van der Waals surface area contributed by atoms with Crippen molar-refractivity contribution in [1.82, 2.24) is 14.5 Å². The maximum absolute atomic E-state index is 13.3. The van der Waals surface area contributed by atoms with Crippen LogP contribution in [0.25, 0.3) is 11.0 Å². The van der Waals surface area contributed by atoms with Gasteiger partial charge >= 0.3 is 5.69 Å². The quantitative estimate of drug-likeness (QED) is 0.672. The van der Waals surface area contributed by atoms with Gasteiger partial charge in [-0.15, -0.1) is 0 Å². The fourth-order valence-corrected chi connectivity index (χ4v) is 4.16. The molecular weight excluding hydrogens is 341 g/mol. The Morgan fingerprint density at radius 2 is 1.78 bits per heavy atom. The molecule has 1 fully saturated rings. The third-order valence-electron chi connectivity index (χ3n) is 5.53. The molecule has 0 bridgehead atoms. The molecule has 0 amide bonds. The normalized spacial score (nSPS) is 15.4. The van der Waals surface area contributed by atoms with Crippen molar-refractivity contribution in [2.24, 2.45) is 0 Å². The van der Waals surface area contributed by atoms with Gasteiger partial charge in [0.2, 0.25) is 0 Å². The van der Waals surface area contributed by atoms with Gasteiger partial charge in [0.1, 0.15) is 5.82 Å². The lowest BCUT2D eigenvalue weighted by Gasteiger charge is -2.23. The van der Waals surface area contributed by atoms with Crippen LogP contribution >= 0.6 is 0 Å². The lowest BCUT2D eigenvalue weighted by atomic mass is 10.1. The minimum atomic E-state index is -0.186. The topological polar surface area (TPSA) is 39.0 Å². The molecular formula is C22H26FN3O. The highest BCUT2D eigenvalue weighted by Crippen LogP contribution is 2.23. The number of benzene rings is 2. The number of imidazole rings is 1. The van der Waals surface area contributed by atoms with Gasteiger partial charge in [-0.1, -0.05) is 24.3 Å². The third kappa shape index (κ3) is 3.83. The first-order valence-corrected chi connectivity index (χ1v) is 9.89. The van der Waals surface area contributed by atoms with Crippen LogP contribution in [0.1, 0.15) is 37.3 Å². The molecule has 1 N–H and O–H groups in total. The van der Waals surface area contributed by atoms with E-state index in [0.29, 0.717) is 6.54 Å². The Morgan fingerprint density at radius 3 is 2.56 bits per heavy atom. The average Bonchev–Trinajstić information content (AvgIpc) is 2.97. The van der Waals surface area contributed by atoms with Gasteiger partial charge < -0.3 is 5.32 Å². The Bertz CT molecular complexity index is 969. The molecule has 0 radical (unpaired) electrons. The molecule has 27 heavy (non-hydrogen) atoms. The predicted molar refractivity (Wildman–Crippen MR) is 107 cm³/mol. The predicted octanol–water partition coefficient (Wildman–Crippen LogP) is 3.89. The second-order valence-corrected chi connectivity index (χ2v) is 7.36. The lowest BCUT2D eigenvalue weighted by Crippen LogP contribution is -2.34. The zero-order valence-electron chi connectivity index (χ0n) is 15.5. The standard InChI is InChI=1S/C22H26FN3O/c23-18-8-5-7-17(16-18)6-3-4-15-25-20-9-1-2-10-21(20)26(22(25)27)19-11-13-24-14-12-19/h1-2,5,7-10,16,19,24H,3-4,6,11-15H2. The number of fused-ring (bicyclic) bond motifs is 1. The van der Waals surface area contributed by atoms with E-state index in [0.717, 1.165) is 61.8 Å². The van der Waals surface area contributed by atoms with E-state index in [2.05, 4.69) is 11.4 Å². The molecule has 4 rings (SSSR count). The van der Waals surface area contributed by atoms with Crippen LogP contribution in [0.2, 0.25) is 0 Å². The number of halogens is 1. The Labute approximate surface area is 158 Å². The largest absolute Gasteiger partial charge is 0.329 e. The highest BCUT2D eigenvalue weighted by Gasteiger charge is 2.21. The molecule has 0 aliphatic carbocycles. The van der Waals surface area contributed by atoms with Gasteiger partial charge in [0.25, 0.3) is 0 Å². The summed E-state index contributed by atoms with van der Waals surface area (Å²) in [6.07, 6.45) is 4.65. The zero-order chi connectivity index (χ0) is 18.6. The van der Waals surface area contributed by atoms with E-state index < -0.39 is 0 Å². The molecule has 5 heteroatoms. The minimum Gasteiger partial charge on any atom is -0.317 e. The zero-order valence-corrected chi connectivity index (χ0v) is 15.5. The second-order valence-electron chi connectivity index (χ2n) is 7.36. The second kappa shape index (κ2) is 8.09. The summed E-state index contributed by atoms with van der Waals surface area (Å²) in [6, 6.07) is 15.2. The van der Waals surface area contributed by atoms with Crippen molar-refractivity contribution < 1.29 is 4.39 Å². The molecule has 0 saturated carbocycles. The van der Waals surface area contributed by atoms with Crippen molar-refractivity contribution >= 4 is 11.0 Å². The van der Waals surface area contributed by atoms with Crippen molar-refractivity contribution in [2.75, 3.05) is 13.1 Å². The van der Waals surface area contributed by atoms with E-state index in [1.54, 1.807) is 12.1 Å². The Kier molecular flexibility index (Phi) is 5.39. The number of rotatable bonds is 6. The molecule has 0 spiro atoms. The lowest BCUT2D eigenvalue weighted by molar-refractivity contribution is 0.364. The van der Waals surface area contributed by atoms with Crippen LogP contribution < -0.4 is 11.0 Å². The number of piperidine rings is 1. The number of unbranched alkanes of at least 4 members (excludes halogenated alkanes) is 1. The van der Waals surface area contributed by atoms with Crippen molar-refractivity contribution in [1.29, 1.82) is 0 Å². The first-order chi connectivity index (χ1) is 13.2. The van der Waals surface area contributed by atoms with Crippen molar-refractivity contribution in [2.45, 2.75) is 44.7 Å². The van der Waals surface area contributed by atoms with Crippen molar-refractivity contribution in [3.63, 3.8) is 0 Å². The van der Waals surface area contributed by atoms with E-state index in [4.69, 9.17) is 0 Å². The summed E-state index contributed by atoms with van der Waals surface area (Å²) in [5, 5.41) is 3.37. The molecule has 0 atom stereocenters. The Hall–Kier alpha value is -2.40. The smallest absolute Gasteiger partial charge is 0.317 e. The Morgan fingerprint density at radius 1 is 1.00 bits per heavy atom. The number of aromatic nitrogens is 2. The molecule has 3 aromatic rings. The summed E-state index contributed by atoms with van der Waals surface area (Å²) in [5.41, 5.74) is 3.18. The number of hydrogen-bond acceptors (Lipinski definition) is 2. The summed E-state index contributed by atoms with van der Waals surface area (Å²) in [7, 11) is 0. The fourth-order valence-electron chi connectivity index (χ4n) is 4.16. The van der Waals surface area contributed by atoms with Crippen LogP contribution in [0.15, 0.2) is 53.3 Å².